The van der Waals surface area contributed by atoms with Gasteiger partial charge in [0, 0.05) is 6.20 Å². The fraction of sp³-hybridized carbons (Fsp3) is 0.200. The number of pyridine rings is 1. The molecule has 0 bridgehead atoms. The molecule has 1 heterocycles. The maximum atomic E-state index is 12.1. The minimum Gasteiger partial charge on any atom is -0.369 e. The van der Waals surface area contributed by atoms with Crippen LogP contribution < -0.4 is 5.73 Å². The molecule has 84 valence electrons. The van der Waals surface area contributed by atoms with E-state index in [2.05, 4.69) is 16.8 Å². The Kier molecular flexibility index (Phi) is 3.51. The first-order chi connectivity index (χ1) is 7.39. The van der Waals surface area contributed by atoms with E-state index in [1.165, 1.54) is 0 Å². The van der Waals surface area contributed by atoms with E-state index in [9.17, 15) is 18.0 Å². The topological polar surface area (TPSA) is 56.0 Å². The minimum atomic E-state index is -4.41. The van der Waals surface area contributed by atoms with Crippen LogP contribution in [-0.4, -0.2) is 10.9 Å². The predicted molar refractivity (Wildman–Crippen MR) is 49.9 cm³/mol. The zero-order valence-corrected chi connectivity index (χ0v) is 8.01. The summed E-state index contributed by atoms with van der Waals surface area (Å²) in [4.78, 5) is 13.8. The van der Waals surface area contributed by atoms with Gasteiger partial charge in [0.1, 0.15) is 5.69 Å². The standard InChI is InChI=1S/C10H7F3N2O/c11-10(12,13)7-4-5-8(15-6-7)2-1-3-9(14)16/h4-6H,3H2,(H2,14,16). The second-order valence-electron chi connectivity index (χ2n) is 2.87. The summed E-state index contributed by atoms with van der Waals surface area (Å²) >= 11 is 0. The first-order valence-corrected chi connectivity index (χ1v) is 4.20. The van der Waals surface area contributed by atoms with Crippen molar-refractivity contribution < 1.29 is 18.0 Å². The van der Waals surface area contributed by atoms with Gasteiger partial charge in [0.25, 0.3) is 0 Å². The molecular weight excluding hydrogens is 221 g/mol. The van der Waals surface area contributed by atoms with Crippen molar-refractivity contribution >= 4 is 5.91 Å². The lowest BCUT2D eigenvalue weighted by molar-refractivity contribution is -0.137. The number of hydrogen-bond donors (Lipinski definition) is 1. The quantitative estimate of drug-likeness (QED) is 0.737. The van der Waals surface area contributed by atoms with Crippen LogP contribution in [0.1, 0.15) is 17.7 Å². The summed E-state index contributed by atoms with van der Waals surface area (Å²) in [7, 11) is 0. The Balaban J connectivity index is 2.78. The maximum Gasteiger partial charge on any atom is 0.417 e. The molecule has 6 heteroatoms. The van der Waals surface area contributed by atoms with Gasteiger partial charge in [0.15, 0.2) is 0 Å². The number of aromatic nitrogens is 1. The van der Waals surface area contributed by atoms with Crippen molar-refractivity contribution in [3.05, 3.63) is 29.6 Å². The number of halogens is 3. The highest BCUT2D eigenvalue weighted by Gasteiger charge is 2.30. The molecule has 1 rings (SSSR count). The first-order valence-electron chi connectivity index (χ1n) is 4.20. The van der Waals surface area contributed by atoms with Gasteiger partial charge >= 0.3 is 6.18 Å². The van der Waals surface area contributed by atoms with Crippen molar-refractivity contribution in [1.29, 1.82) is 0 Å². The lowest BCUT2D eigenvalue weighted by Crippen LogP contribution is -2.08. The Morgan fingerprint density at radius 3 is 2.56 bits per heavy atom. The van der Waals surface area contributed by atoms with Crippen LogP contribution in [-0.2, 0) is 11.0 Å². The molecule has 1 aromatic rings. The second-order valence-corrected chi connectivity index (χ2v) is 2.87. The zero-order chi connectivity index (χ0) is 12.2. The fourth-order valence-electron chi connectivity index (χ4n) is 0.857. The molecule has 16 heavy (non-hydrogen) atoms. The molecule has 1 amide bonds. The maximum absolute atomic E-state index is 12.1. The molecule has 0 radical (unpaired) electrons. The third-order valence-corrected chi connectivity index (χ3v) is 1.57. The van der Waals surface area contributed by atoms with Crippen molar-refractivity contribution in [3.63, 3.8) is 0 Å². The van der Waals surface area contributed by atoms with E-state index in [0.29, 0.717) is 6.20 Å². The third-order valence-electron chi connectivity index (χ3n) is 1.57. The number of hydrogen-bond acceptors (Lipinski definition) is 2. The Morgan fingerprint density at radius 1 is 1.44 bits per heavy atom. The highest BCUT2D eigenvalue weighted by molar-refractivity contribution is 5.76. The van der Waals surface area contributed by atoms with Crippen LogP contribution in [0.15, 0.2) is 18.3 Å². The number of rotatable bonds is 1. The van der Waals surface area contributed by atoms with E-state index < -0.39 is 17.6 Å². The first kappa shape index (κ1) is 12.0. The Labute approximate surface area is 89.5 Å². The zero-order valence-electron chi connectivity index (χ0n) is 8.01. The molecule has 0 spiro atoms. The van der Waals surface area contributed by atoms with Crippen LogP contribution in [0.3, 0.4) is 0 Å². The molecule has 0 aliphatic heterocycles. The smallest absolute Gasteiger partial charge is 0.369 e. The number of primary amides is 1. The SMILES string of the molecule is NC(=O)CC#Cc1ccc(C(F)(F)F)cn1. The Bertz CT molecular complexity index is 440. The van der Waals surface area contributed by atoms with Gasteiger partial charge in [0.2, 0.25) is 5.91 Å². The van der Waals surface area contributed by atoms with Gasteiger partial charge in [-0.1, -0.05) is 5.92 Å². The van der Waals surface area contributed by atoms with Crippen LogP contribution in [0.4, 0.5) is 13.2 Å². The van der Waals surface area contributed by atoms with Crippen LogP contribution in [0, 0.1) is 11.8 Å². The number of amides is 1. The van der Waals surface area contributed by atoms with Gasteiger partial charge in [-0.15, -0.1) is 0 Å². The molecule has 0 atom stereocenters. The van der Waals surface area contributed by atoms with Crippen LogP contribution in [0.2, 0.25) is 0 Å². The van der Waals surface area contributed by atoms with Gasteiger partial charge in [-0.3, -0.25) is 4.79 Å². The number of nitrogens with zero attached hydrogens (tertiary/aromatic N) is 1. The van der Waals surface area contributed by atoms with E-state index in [1.54, 1.807) is 0 Å². The number of nitrogens with two attached hydrogens (primary N) is 1. The highest BCUT2D eigenvalue weighted by Crippen LogP contribution is 2.28. The van der Waals surface area contributed by atoms with E-state index in [4.69, 9.17) is 5.73 Å². The Hall–Kier alpha value is -2.03. The number of carbonyl (C=O) groups is 1. The molecule has 0 unspecified atom stereocenters. The average Bonchev–Trinajstić information content (AvgIpc) is 2.16. The van der Waals surface area contributed by atoms with Crippen molar-refractivity contribution in [2.24, 2.45) is 5.73 Å². The van der Waals surface area contributed by atoms with Gasteiger partial charge in [0.05, 0.1) is 12.0 Å². The molecule has 2 N–H and O–H groups in total. The molecule has 3 nitrogen and oxygen atoms in total. The summed E-state index contributed by atoms with van der Waals surface area (Å²) in [6.07, 6.45) is -3.87. The third kappa shape index (κ3) is 3.61. The van der Waals surface area contributed by atoms with Crippen molar-refractivity contribution in [2.75, 3.05) is 0 Å². The molecular formula is C10H7F3N2O. The summed E-state index contributed by atoms with van der Waals surface area (Å²) in [5.74, 6) is 4.22. The average molecular weight is 228 g/mol. The van der Waals surface area contributed by atoms with Gasteiger partial charge in [-0.25, -0.2) is 4.98 Å². The molecule has 1 aromatic heterocycles. The van der Waals surface area contributed by atoms with Crippen LogP contribution in [0.5, 0.6) is 0 Å². The molecule has 0 aromatic carbocycles. The predicted octanol–water partition coefficient (Wildman–Crippen LogP) is 1.33. The summed E-state index contributed by atoms with van der Waals surface area (Å²) in [5.41, 5.74) is 4.15. The van der Waals surface area contributed by atoms with Gasteiger partial charge in [-0.2, -0.15) is 13.2 Å². The fourth-order valence-corrected chi connectivity index (χ4v) is 0.857. The summed E-state index contributed by atoms with van der Waals surface area (Å²) < 4.78 is 36.4. The van der Waals surface area contributed by atoms with Crippen molar-refractivity contribution in [1.82, 2.24) is 4.98 Å². The molecule has 0 fully saturated rings. The minimum absolute atomic E-state index is 0.150. The normalized spacial score (nSPS) is 10.4. The number of carbonyl (C=O) groups excluding carboxylic acids is 1. The molecule has 0 saturated carbocycles. The highest BCUT2D eigenvalue weighted by atomic mass is 19.4. The summed E-state index contributed by atoms with van der Waals surface area (Å²) in [6, 6.07) is 2.01. The van der Waals surface area contributed by atoms with Crippen LogP contribution >= 0.6 is 0 Å². The summed E-state index contributed by atoms with van der Waals surface area (Å²) in [6.45, 7) is 0. The Morgan fingerprint density at radius 2 is 2.12 bits per heavy atom. The van der Waals surface area contributed by atoms with Crippen molar-refractivity contribution in [3.8, 4) is 11.8 Å². The lowest BCUT2D eigenvalue weighted by Gasteiger charge is -2.04. The second kappa shape index (κ2) is 4.66. The van der Waals surface area contributed by atoms with E-state index in [-0.39, 0.29) is 12.1 Å². The van der Waals surface area contributed by atoms with Crippen LogP contribution in [0.25, 0.3) is 0 Å². The van der Waals surface area contributed by atoms with Crippen molar-refractivity contribution in [2.45, 2.75) is 12.6 Å². The summed E-state index contributed by atoms with van der Waals surface area (Å²) in [5, 5.41) is 0. The number of alkyl halides is 3. The van der Waals surface area contributed by atoms with Gasteiger partial charge < -0.3 is 5.73 Å². The van der Waals surface area contributed by atoms with E-state index in [0.717, 1.165) is 12.1 Å². The van der Waals surface area contributed by atoms with E-state index >= 15 is 0 Å². The largest absolute Gasteiger partial charge is 0.417 e. The molecule has 0 saturated heterocycles. The lowest BCUT2D eigenvalue weighted by atomic mass is 10.2. The van der Waals surface area contributed by atoms with Gasteiger partial charge in [-0.05, 0) is 18.1 Å². The molecule has 0 aliphatic rings. The monoisotopic (exact) mass is 228 g/mol. The van der Waals surface area contributed by atoms with E-state index in [1.807, 2.05) is 0 Å². The molecule has 0 aliphatic carbocycles.